The molecule has 0 saturated carbocycles. The quantitative estimate of drug-likeness (QED) is 0.767. The molecule has 96 valence electrons. The third-order valence-corrected chi connectivity index (χ3v) is 2.85. The Bertz CT molecular complexity index is 303. The molecule has 1 atom stereocenters. The van der Waals surface area contributed by atoms with Crippen molar-refractivity contribution in [3.63, 3.8) is 0 Å². The van der Waals surface area contributed by atoms with Crippen molar-refractivity contribution in [3.8, 4) is 11.5 Å². The van der Waals surface area contributed by atoms with Gasteiger partial charge in [-0.25, -0.2) is 0 Å². The van der Waals surface area contributed by atoms with Crippen LogP contribution in [0.3, 0.4) is 0 Å². The molecule has 0 bridgehead atoms. The highest BCUT2D eigenvalue weighted by Crippen LogP contribution is 2.18. The van der Waals surface area contributed by atoms with E-state index in [1.165, 1.54) is 19.3 Å². The maximum atomic E-state index is 9.15. The van der Waals surface area contributed by atoms with Gasteiger partial charge in [0.2, 0.25) is 0 Å². The molecule has 1 aromatic rings. The van der Waals surface area contributed by atoms with Gasteiger partial charge < -0.3 is 9.84 Å². The molecule has 1 N–H and O–H groups in total. The van der Waals surface area contributed by atoms with Crippen LogP contribution >= 0.6 is 0 Å². The minimum absolute atomic E-state index is 0.280. The van der Waals surface area contributed by atoms with Gasteiger partial charge in [0.15, 0.2) is 0 Å². The van der Waals surface area contributed by atoms with E-state index in [-0.39, 0.29) is 5.75 Å². The summed E-state index contributed by atoms with van der Waals surface area (Å²) in [6.45, 7) is 7.50. The van der Waals surface area contributed by atoms with Crippen LogP contribution in [-0.4, -0.2) is 11.7 Å². The topological polar surface area (TPSA) is 29.5 Å². The van der Waals surface area contributed by atoms with Crippen LogP contribution in [0.4, 0.5) is 0 Å². The first kappa shape index (κ1) is 13.9. The van der Waals surface area contributed by atoms with E-state index in [1.807, 2.05) is 0 Å². The van der Waals surface area contributed by atoms with E-state index in [1.54, 1.807) is 24.3 Å². The Labute approximate surface area is 105 Å². The van der Waals surface area contributed by atoms with Gasteiger partial charge in [0, 0.05) is 0 Å². The Morgan fingerprint density at radius 2 is 1.71 bits per heavy atom. The molecule has 1 unspecified atom stereocenters. The van der Waals surface area contributed by atoms with Crippen molar-refractivity contribution >= 4 is 0 Å². The summed E-state index contributed by atoms with van der Waals surface area (Å²) in [5.74, 6) is 2.49. The number of ether oxygens (including phenoxy) is 1. The van der Waals surface area contributed by atoms with E-state index in [9.17, 15) is 0 Å². The third kappa shape index (κ3) is 6.20. The first-order valence-corrected chi connectivity index (χ1v) is 6.49. The summed E-state index contributed by atoms with van der Waals surface area (Å²) in [4.78, 5) is 0. The fourth-order valence-electron chi connectivity index (χ4n) is 1.74. The minimum atomic E-state index is 0.280. The molecule has 0 saturated heterocycles. The second kappa shape index (κ2) is 7.21. The number of phenolic OH excluding ortho intramolecular Hbond substituents is 1. The molecule has 0 radical (unpaired) electrons. The molecular weight excluding hydrogens is 212 g/mol. The smallest absolute Gasteiger partial charge is 0.119 e. The van der Waals surface area contributed by atoms with Gasteiger partial charge in [-0.2, -0.15) is 0 Å². The van der Waals surface area contributed by atoms with Crippen molar-refractivity contribution in [2.45, 2.75) is 40.0 Å². The molecule has 0 fully saturated rings. The normalized spacial score (nSPS) is 12.7. The highest BCUT2D eigenvalue weighted by molar-refractivity contribution is 5.29. The standard InChI is InChI=1S/C15H24O2/c1-12(2)5-4-6-13(3)11-17-15-9-7-14(16)8-10-15/h7-10,12-13,16H,4-6,11H2,1-3H3. The Kier molecular flexibility index (Phi) is 5.88. The summed E-state index contributed by atoms with van der Waals surface area (Å²) in [5.41, 5.74) is 0. The molecule has 0 aliphatic heterocycles. The number of hydrogen-bond donors (Lipinski definition) is 1. The SMILES string of the molecule is CC(C)CCCC(C)COc1ccc(O)cc1. The largest absolute Gasteiger partial charge is 0.508 e. The van der Waals surface area contributed by atoms with E-state index in [0.717, 1.165) is 18.3 Å². The lowest BCUT2D eigenvalue weighted by atomic mass is 10.0. The van der Waals surface area contributed by atoms with Gasteiger partial charge in [-0.3, -0.25) is 0 Å². The molecule has 0 aliphatic rings. The molecule has 17 heavy (non-hydrogen) atoms. The van der Waals surface area contributed by atoms with Crippen LogP contribution in [0.25, 0.3) is 0 Å². The van der Waals surface area contributed by atoms with Crippen LogP contribution in [0.1, 0.15) is 40.0 Å². The average Bonchev–Trinajstić information content (AvgIpc) is 2.28. The Balaban J connectivity index is 2.19. The zero-order chi connectivity index (χ0) is 12.7. The number of phenols is 1. The lowest BCUT2D eigenvalue weighted by Crippen LogP contribution is -2.08. The first-order chi connectivity index (χ1) is 8.08. The van der Waals surface area contributed by atoms with Crippen molar-refractivity contribution in [3.05, 3.63) is 24.3 Å². The maximum absolute atomic E-state index is 9.15. The summed E-state index contributed by atoms with van der Waals surface area (Å²) in [6.07, 6.45) is 3.79. The highest BCUT2D eigenvalue weighted by atomic mass is 16.5. The molecule has 2 nitrogen and oxygen atoms in total. The summed E-state index contributed by atoms with van der Waals surface area (Å²) in [6, 6.07) is 6.91. The van der Waals surface area contributed by atoms with Gasteiger partial charge in [-0.05, 0) is 42.5 Å². The van der Waals surface area contributed by atoms with E-state index in [2.05, 4.69) is 20.8 Å². The third-order valence-electron chi connectivity index (χ3n) is 2.85. The Morgan fingerprint density at radius 1 is 1.06 bits per heavy atom. The molecule has 2 heteroatoms. The summed E-state index contributed by atoms with van der Waals surface area (Å²) in [5, 5.41) is 9.15. The highest BCUT2D eigenvalue weighted by Gasteiger charge is 2.04. The van der Waals surface area contributed by atoms with Crippen molar-refractivity contribution in [2.24, 2.45) is 11.8 Å². The van der Waals surface area contributed by atoms with Crippen LogP contribution in [0.15, 0.2) is 24.3 Å². The molecule has 1 aromatic carbocycles. The molecule has 0 spiro atoms. The lowest BCUT2D eigenvalue weighted by molar-refractivity contribution is 0.247. The van der Waals surface area contributed by atoms with Gasteiger partial charge in [-0.15, -0.1) is 0 Å². The second-order valence-electron chi connectivity index (χ2n) is 5.23. The molecule has 0 aliphatic carbocycles. The van der Waals surface area contributed by atoms with Crippen LogP contribution in [-0.2, 0) is 0 Å². The zero-order valence-corrected chi connectivity index (χ0v) is 11.1. The van der Waals surface area contributed by atoms with E-state index < -0.39 is 0 Å². The average molecular weight is 236 g/mol. The summed E-state index contributed by atoms with van der Waals surface area (Å²) >= 11 is 0. The van der Waals surface area contributed by atoms with Crippen LogP contribution in [0.5, 0.6) is 11.5 Å². The molecule has 0 aromatic heterocycles. The van der Waals surface area contributed by atoms with Gasteiger partial charge >= 0.3 is 0 Å². The van der Waals surface area contributed by atoms with Crippen LogP contribution in [0.2, 0.25) is 0 Å². The molecule has 1 rings (SSSR count). The van der Waals surface area contributed by atoms with Gasteiger partial charge in [0.05, 0.1) is 6.61 Å². The van der Waals surface area contributed by atoms with Crippen LogP contribution < -0.4 is 4.74 Å². The predicted molar refractivity (Wildman–Crippen MR) is 71.5 cm³/mol. The molecule has 0 heterocycles. The number of rotatable bonds is 7. The Morgan fingerprint density at radius 3 is 2.29 bits per heavy atom. The summed E-state index contributed by atoms with van der Waals surface area (Å²) in [7, 11) is 0. The van der Waals surface area contributed by atoms with Crippen molar-refractivity contribution in [1.29, 1.82) is 0 Å². The van der Waals surface area contributed by atoms with Crippen LogP contribution in [0, 0.1) is 11.8 Å². The van der Waals surface area contributed by atoms with Gasteiger partial charge in [0.1, 0.15) is 11.5 Å². The predicted octanol–water partition coefficient (Wildman–Crippen LogP) is 4.23. The first-order valence-electron chi connectivity index (χ1n) is 6.49. The van der Waals surface area contributed by atoms with Gasteiger partial charge in [-0.1, -0.05) is 33.6 Å². The second-order valence-corrected chi connectivity index (χ2v) is 5.23. The number of aromatic hydroxyl groups is 1. The van der Waals surface area contributed by atoms with E-state index >= 15 is 0 Å². The molecular formula is C15H24O2. The van der Waals surface area contributed by atoms with Crippen molar-refractivity contribution in [1.82, 2.24) is 0 Å². The van der Waals surface area contributed by atoms with Gasteiger partial charge in [0.25, 0.3) is 0 Å². The Hall–Kier alpha value is -1.18. The van der Waals surface area contributed by atoms with Crippen molar-refractivity contribution in [2.75, 3.05) is 6.61 Å². The number of hydrogen-bond acceptors (Lipinski definition) is 2. The fraction of sp³-hybridized carbons (Fsp3) is 0.600. The van der Waals surface area contributed by atoms with E-state index in [4.69, 9.17) is 9.84 Å². The lowest BCUT2D eigenvalue weighted by Gasteiger charge is -2.13. The molecule has 0 amide bonds. The van der Waals surface area contributed by atoms with Crippen molar-refractivity contribution < 1.29 is 9.84 Å². The fourth-order valence-corrected chi connectivity index (χ4v) is 1.74. The zero-order valence-electron chi connectivity index (χ0n) is 11.1. The summed E-state index contributed by atoms with van der Waals surface area (Å²) < 4.78 is 5.67. The maximum Gasteiger partial charge on any atom is 0.119 e. The monoisotopic (exact) mass is 236 g/mol. The number of benzene rings is 1. The van der Waals surface area contributed by atoms with E-state index in [0.29, 0.717) is 5.92 Å². The minimum Gasteiger partial charge on any atom is -0.508 e.